The van der Waals surface area contributed by atoms with Gasteiger partial charge in [-0.25, -0.2) is 0 Å². The van der Waals surface area contributed by atoms with Crippen molar-refractivity contribution in [2.24, 2.45) is 0 Å². The maximum absolute atomic E-state index is 12.7. The number of unbranched alkanes of at least 4 members (excludes halogenated alkanes) is 1. The number of carbonyl (C=O) groups is 2. The van der Waals surface area contributed by atoms with Crippen molar-refractivity contribution in [3.63, 3.8) is 0 Å². The molecule has 0 bridgehead atoms. The van der Waals surface area contributed by atoms with Crippen molar-refractivity contribution in [3.05, 3.63) is 35.4 Å². The summed E-state index contributed by atoms with van der Waals surface area (Å²) in [5.41, 5.74) is 1.85. The minimum absolute atomic E-state index is 0.0833. The molecule has 2 amide bonds. The van der Waals surface area contributed by atoms with E-state index in [0.717, 1.165) is 48.7 Å². The van der Waals surface area contributed by atoms with Crippen LogP contribution in [0.3, 0.4) is 0 Å². The average Bonchev–Trinajstić information content (AvgIpc) is 3.06. The van der Waals surface area contributed by atoms with Gasteiger partial charge in [-0.2, -0.15) is 0 Å². The zero-order valence-electron chi connectivity index (χ0n) is 16.2. The van der Waals surface area contributed by atoms with Gasteiger partial charge in [-0.05, 0) is 44.7 Å². The third-order valence-electron chi connectivity index (χ3n) is 5.29. The van der Waals surface area contributed by atoms with Crippen LogP contribution in [-0.2, 0) is 4.79 Å². The summed E-state index contributed by atoms with van der Waals surface area (Å²) in [6, 6.07) is 7.75. The number of rotatable bonds is 6. The number of aryl methyl sites for hydroxylation is 1. The van der Waals surface area contributed by atoms with E-state index >= 15 is 0 Å². The minimum Gasteiger partial charge on any atom is -0.341 e. The van der Waals surface area contributed by atoms with Crippen molar-refractivity contribution in [3.8, 4) is 0 Å². The second kappa shape index (κ2) is 10.4. The predicted octanol–water partition coefficient (Wildman–Crippen LogP) is 4.38. The Morgan fingerprint density at radius 1 is 1.11 bits per heavy atom. The third kappa shape index (κ3) is 6.18. The maximum atomic E-state index is 12.7. The first-order chi connectivity index (χ1) is 13.1. The number of amides is 2. The molecule has 3 rings (SSSR count). The van der Waals surface area contributed by atoms with Crippen LogP contribution < -0.4 is 0 Å². The van der Waals surface area contributed by atoms with E-state index in [1.807, 2.05) is 62.6 Å². The summed E-state index contributed by atoms with van der Waals surface area (Å²) in [6.07, 6.45) is 6.21. The van der Waals surface area contributed by atoms with E-state index in [1.165, 1.54) is 18.6 Å². The molecule has 2 aliphatic heterocycles. The molecule has 148 valence electrons. The standard InChI is InChI=1S/C21H30N2O2S2/c1-17-6-4-7-18(16-17)21(25)23-12-5-11-22(13-14-23)20(24)9-3-2-8-19-10-15-26-27-19/h4,6-7,16,19H,2-3,5,8-15H2,1H3. The normalized spacial score (nSPS) is 20.6. The van der Waals surface area contributed by atoms with Crippen molar-refractivity contribution in [2.75, 3.05) is 31.9 Å². The molecule has 2 heterocycles. The highest BCUT2D eigenvalue weighted by Gasteiger charge is 2.23. The zero-order valence-corrected chi connectivity index (χ0v) is 17.8. The van der Waals surface area contributed by atoms with Gasteiger partial charge in [-0.15, -0.1) is 0 Å². The fourth-order valence-corrected chi connectivity index (χ4v) is 6.73. The molecule has 0 saturated carbocycles. The van der Waals surface area contributed by atoms with Crippen molar-refractivity contribution in [1.82, 2.24) is 9.80 Å². The Morgan fingerprint density at radius 3 is 2.70 bits per heavy atom. The first-order valence-electron chi connectivity index (χ1n) is 10.1. The molecule has 6 heteroatoms. The quantitative estimate of drug-likeness (QED) is 0.519. The van der Waals surface area contributed by atoms with Gasteiger partial charge in [0.25, 0.3) is 5.91 Å². The lowest BCUT2D eigenvalue weighted by atomic mass is 10.1. The number of benzene rings is 1. The monoisotopic (exact) mass is 406 g/mol. The van der Waals surface area contributed by atoms with E-state index < -0.39 is 0 Å². The van der Waals surface area contributed by atoms with Crippen LogP contribution in [0.4, 0.5) is 0 Å². The molecule has 1 aromatic rings. The van der Waals surface area contributed by atoms with E-state index in [0.29, 0.717) is 19.5 Å². The Balaban J connectivity index is 1.42. The highest BCUT2D eigenvalue weighted by atomic mass is 33.1. The predicted molar refractivity (Wildman–Crippen MR) is 115 cm³/mol. The number of hydrogen-bond acceptors (Lipinski definition) is 4. The minimum atomic E-state index is 0.0833. The van der Waals surface area contributed by atoms with Crippen LogP contribution in [0.5, 0.6) is 0 Å². The Labute approximate surface area is 170 Å². The first-order valence-corrected chi connectivity index (χ1v) is 12.4. The molecule has 1 unspecified atom stereocenters. The summed E-state index contributed by atoms with van der Waals surface area (Å²) in [4.78, 5) is 29.1. The molecule has 0 radical (unpaired) electrons. The second-order valence-electron chi connectivity index (χ2n) is 7.47. The van der Waals surface area contributed by atoms with Crippen LogP contribution in [0.15, 0.2) is 24.3 Å². The lowest BCUT2D eigenvalue weighted by molar-refractivity contribution is -0.131. The Kier molecular flexibility index (Phi) is 7.94. The van der Waals surface area contributed by atoms with Crippen LogP contribution in [0.25, 0.3) is 0 Å². The molecule has 2 aliphatic rings. The Bertz CT molecular complexity index is 647. The van der Waals surface area contributed by atoms with Gasteiger partial charge in [-0.1, -0.05) is 45.7 Å². The SMILES string of the molecule is Cc1cccc(C(=O)N2CCCN(C(=O)CCCCC3CCSS3)CC2)c1. The molecular formula is C21H30N2O2S2. The van der Waals surface area contributed by atoms with E-state index in [-0.39, 0.29) is 11.8 Å². The van der Waals surface area contributed by atoms with Gasteiger partial charge in [0.15, 0.2) is 0 Å². The maximum Gasteiger partial charge on any atom is 0.253 e. The second-order valence-corrected chi connectivity index (χ2v) is 10.3. The molecule has 1 aromatic carbocycles. The molecule has 0 aliphatic carbocycles. The van der Waals surface area contributed by atoms with Crippen molar-refractivity contribution in [2.45, 2.75) is 50.7 Å². The van der Waals surface area contributed by atoms with E-state index in [1.54, 1.807) is 0 Å². The van der Waals surface area contributed by atoms with E-state index in [2.05, 4.69) is 0 Å². The number of nitrogens with zero attached hydrogens (tertiary/aromatic N) is 2. The molecule has 4 nitrogen and oxygen atoms in total. The van der Waals surface area contributed by atoms with Gasteiger partial charge < -0.3 is 9.80 Å². The average molecular weight is 407 g/mol. The largest absolute Gasteiger partial charge is 0.341 e. The third-order valence-corrected chi connectivity index (χ3v) is 8.30. The molecule has 0 aromatic heterocycles. The highest BCUT2D eigenvalue weighted by molar-refractivity contribution is 8.77. The van der Waals surface area contributed by atoms with Gasteiger partial charge in [0, 0.05) is 49.2 Å². The topological polar surface area (TPSA) is 40.6 Å². The number of carbonyl (C=O) groups excluding carboxylic acids is 2. The van der Waals surface area contributed by atoms with Crippen molar-refractivity contribution < 1.29 is 9.59 Å². The van der Waals surface area contributed by atoms with Crippen molar-refractivity contribution >= 4 is 33.4 Å². The van der Waals surface area contributed by atoms with Gasteiger partial charge in [0.1, 0.15) is 0 Å². The first kappa shape index (κ1) is 20.6. The zero-order chi connectivity index (χ0) is 19.1. The van der Waals surface area contributed by atoms with E-state index in [9.17, 15) is 9.59 Å². The van der Waals surface area contributed by atoms with Crippen LogP contribution >= 0.6 is 21.6 Å². The van der Waals surface area contributed by atoms with Gasteiger partial charge in [0.05, 0.1) is 0 Å². The van der Waals surface area contributed by atoms with Gasteiger partial charge in [-0.3, -0.25) is 9.59 Å². The fraction of sp³-hybridized carbons (Fsp3) is 0.619. The summed E-state index contributed by atoms with van der Waals surface area (Å²) < 4.78 is 0. The summed E-state index contributed by atoms with van der Waals surface area (Å²) in [6.45, 7) is 4.79. The lowest BCUT2D eigenvalue weighted by Crippen LogP contribution is -2.37. The Hall–Kier alpha value is -1.14. The molecule has 2 saturated heterocycles. The van der Waals surface area contributed by atoms with E-state index in [4.69, 9.17) is 0 Å². The van der Waals surface area contributed by atoms with Gasteiger partial charge in [0.2, 0.25) is 5.91 Å². The summed E-state index contributed by atoms with van der Waals surface area (Å²) in [5.74, 6) is 1.62. The molecule has 2 fully saturated rings. The molecule has 0 N–H and O–H groups in total. The molecular weight excluding hydrogens is 376 g/mol. The van der Waals surface area contributed by atoms with Gasteiger partial charge >= 0.3 is 0 Å². The highest BCUT2D eigenvalue weighted by Crippen LogP contribution is 2.39. The fourth-order valence-electron chi connectivity index (χ4n) is 3.70. The Morgan fingerprint density at radius 2 is 1.93 bits per heavy atom. The summed E-state index contributed by atoms with van der Waals surface area (Å²) in [5, 5.41) is 0.796. The summed E-state index contributed by atoms with van der Waals surface area (Å²) >= 11 is 0. The van der Waals surface area contributed by atoms with Crippen LogP contribution in [0.1, 0.15) is 54.4 Å². The molecule has 0 spiro atoms. The summed E-state index contributed by atoms with van der Waals surface area (Å²) in [7, 11) is 4.00. The molecule has 1 atom stereocenters. The van der Waals surface area contributed by atoms with Crippen molar-refractivity contribution in [1.29, 1.82) is 0 Å². The van der Waals surface area contributed by atoms with Crippen LogP contribution in [-0.4, -0.2) is 58.8 Å². The molecule has 27 heavy (non-hydrogen) atoms. The number of hydrogen-bond donors (Lipinski definition) is 0. The van der Waals surface area contributed by atoms with Crippen LogP contribution in [0.2, 0.25) is 0 Å². The smallest absolute Gasteiger partial charge is 0.253 e. The lowest BCUT2D eigenvalue weighted by Gasteiger charge is -2.22. The van der Waals surface area contributed by atoms with Crippen LogP contribution in [0, 0.1) is 6.92 Å².